The number of hydrogen-bond donors (Lipinski definition) is 1. The molecule has 0 bridgehead atoms. The van der Waals surface area contributed by atoms with Crippen LogP contribution in [0.4, 0.5) is 5.69 Å². The summed E-state index contributed by atoms with van der Waals surface area (Å²) in [5, 5.41) is 20.5. The van der Waals surface area contributed by atoms with Crippen LogP contribution in [0.2, 0.25) is 0 Å². The predicted molar refractivity (Wildman–Crippen MR) is 79.5 cm³/mol. The summed E-state index contributed by atoms with van der Waals surface area (Å²) in [7, 11) is 0. The minimum absolute atomic E-state index is 0.0331. The fraction of sp³-hybridized carbons (Fsp3) is 0.600. The summed E-state index contributed by atoms with van der Waals surface area (Å²) in [6, 6.07) is 4.35. The molecule has 1 atom stereocenters. The zero-order chi connectivity index (χ0) is 15.2. The van der Waals surface area contributed by atoms with Crippen molar-refractivity contribution in [2.45, 2.75) is 32.3 Å². The molecule has 0 aliphatic carbocycles. The standard InChI is InChI=1S/C15H22N2O4/c1-12(18)14-11-13(17(19)20)5-6-15(14)21-10-9-16-7-3-2-4-8-16/h5-6,11-12,18H,2-4,7-10H2,1H3/t12-/m0/s1. The molecule has 0 unspecified atom stereocenters. The van der Waals surface area contributed by atoms with Crippen molar-refractivity contribution in [2.75, 3.05) is 26.2 Å². The van der Waals surface area contributed by atoms with Gasteiger partial charge in [0.2, 0.25) is 0 Å². The first kappa shape index (κ1) is 15.7. The molecule has 1 fully saturated rings. The molecule has 1 aliphatic rings. The van der Waals surface area contributed by atoms with Gasteiger partial charge in [-0.15, -0.1) is 0 Å². The van der Waals surface area contributed by atoms with Gasteiger partial charge in [0.15, 0.2) is 0 Å². The summed E-state index contributed by atoms with van der Waals surface area (Å²) < 4.78 is 5.71. The number of benzene rings is 1. The average Bonchev–Trinajstić information content (AvgIpc) is 2.48. The minimum atomic E-state index is -0.796. The zero-order valence-electron chi connectivity index (χ0n) is 12.3. The third-order valence-corrected chi connectivity index (χ3v) is 3.77. The normalized spacial score (nSPS) is 17.4. The Kier molecular flexibility index (Phi) is 5.52. The molecule has 6 heteroatoms. The number of ether oxygens (including phenoxy) is 1. The lowest BCUT2D eigenvalue weighted by Crippen LogP contribution is -2.33. The number of likely N-dealkylation sites (tertiary alicyclic amines) is 1. The Bertz CT molecular complexity index is 485. The Balaban J connectivity index is 1.96. The van der Waals surface area contributed by atoms with Crippen LogP contribution in [0.25, 0.3) is 0 Å². The van der Waals surface area contributed by atoms with Crippen molar-refractivity contribution in [3.63, 3.8) is 0 Å². The number of nitro benzene ring substituents is 1. The van der Waals surface area contributed by atoms with E-state index >= 15 is 0 Å². The molecular weight excluding hydrogens is 272 g/mol. The average molecular weight is 294 g/mol. The second-order valence-electron chi connectivity index (χ2n) is 5.41. The predicted octanol–water partition coefficient (Wildman–Crippen LogP) is 2.51. The highest BCUT2D eigenvalue weighted by atomic mass is 16.6. The quantitative estimate of drug-likeness (QED) is 0.644. The minimum Gasteiger partial charge on any atom is -0.492 e. The molecule has 21 heavy (non-hydrogen) atoms. The van der Waals surface area contributed by atoms with E-state index in [-0.39, 0.29) is 5.69 Å². The number of nitro groups is 1. The topological polar surface area (TPSA) is 75.8 Å². The highest BCUT2D eigenvalue weighted by Gasteiger charge is 2.16. The number of rotatable bonds is 6. The molecule has 1 aromatic carbocycles. The Hall–Kier alpha value is -1.66. The number of nitrogens with zero attached hydrogens (tertiary/aromatic N) is 2. The second-order valence-corrected chi connectivity index (χ2v) is 5.41. The molecule has 2 rings (SSSR count). The van der Waals surface area contributed by atoms with Crippen LogP contribution in [0.3, 0.4) is 0 Å². The largest absolute Gasteiger partial charge is 0.492 e. The lowest BCUT2D eigenvalue weighted by atomic mass is 10.1. The third-order valence-electron chi connectivity index (χ3n) is 3.77. The zero-order valence-corrected chi connectivity index (χ0v) is 12.3. The van der Waals surface area contributed by atoms with E-state index in [1.807, 2.05) is 0 Å². The van der Waals surface area contributed by atoms with Crippen molar-refractivity contribution in [1.82, 2.24) is 4.90 Å². The molecule has 0 spiro atoms. The highest BCUT2D eigenvalue weighted by molar-refractivity contribution is 5.44. The number of piperidine rings is 1. The molecule has 0 aromatic heterocycles. The van der Waals surface area contributed by atoms with Gasteiger partial charge in [-0.2, -0.15) is 0 Å². The van der Waals surface area contributed by atoms with E-state index in [2.05, 4.69) is 4.90 Å². The van der Waals surface area contributed by atoms with Gasteiger partial charge in [-0.1, -0.05) is 6.42 Å². The Morgan fingerprint density at radius 2 is 2.10 bits per heavy atom. The van der Waals surface area contributed by atoms with Crippen molar-refractivity contribution >= 4 is 5.69 Å². The SMILES string of the molecule is C[C@H](O)c1cc([N+](=O)[O-])ccc1OCCN1CCCCC1. The maximum absolute atomic E-state index is 10.8. The van der Waals surface area contributed by atoms with Gasteiger partial charge in [-0.25, -0.2) is 0 Å². The number of hydrogen-bond acceptors (Lipinski definition) is 5. The number of non-ortho nitro benzene ring substituents is 1. The third kappa shape index (κ3) is 4.41. The van der Waals surface area contributed by atoms with Crippen LogP contribution in [-0.2, 0) is 0 Å². The summed E-state index contributed by atoms with van der Waals surface area (Å²) in [4.78, 5) is 12.7. The van der Waals surface area contributed by atoms with Crippen LogP contribution in [0.1, 0.15) is 37.9 Å². The van der Waals surface area contributed by atoms with Gasteiger partial charge in [0.25, 0.3) is 5.69 Å². The van der Waals surface area contributed by atoms with Gasteiger partial charge in [0, 0.05) is 24.2 Å². The Labute approximate surface area is 124 Å². The maximum Gasteiger partial charge on any atom is 0.270 e. The first-order valence-corrected chi connectivity index (χ1v) is 7.39. The van der Waals surface area contributed by atoms with E-state index in [1.54, 1.807) is 13.0 Å². The first-order chi connectivity index (χ1) is 10.1. The van der Waals surface area contributed by atoms with E-state index in [0.717, 1.165) is 19.6 Å². The molecule has 1 saturated heterocycles. The maximum atomic E-state index is 10.8. The molecule has 0 radical (unpaired) electrons. The van der Waals surface area contributed by atoms with Crippen molar-refractivity contribution in [1.29, 1.82) is 0 Å². The van der Waals surface area contributed by atoms with E-state index in [9.17, 15) is 15.2 Å². The lowest BCUT2D eigenvalue weighted by Gasteiger charge is -2.26. The van der Waals surface area contributed by atoms with E-state index in [4.69, 9.17) is 4.74 Å². The molecular formula is C15H22N2O4. The van der Waals surface area contributed by atoms with Crippen molar-refractivity contribution in [2.24, 2.45) is 0 Å². The molecule has 1 aliphatic heterocycles. The van der Waals surface area contributed by atoms with Crippen LogP contribution in [0.5, 0.6) is 5.75 Å². The van der Waals surface area contributed by atoms with Gasteiger partial charge < -0.3 is 9.84 Å². The van der Waals surface area contributed by atoms with Gasteiger partial charge in [0.1, 0.15) is 12.4 Å². The molecule has 1 aromatic rings. The molecule has 0 saturated carbocycles. The van der Waals surface area contributed by atoms with E-state index < -0.39 is 11.0 Å². The number of aliphatic hydroxyl groups is 1. The van der Waals surface area contributed by atoms with E-state index in [0.29, 0.717) is 17.9 Å². The fourth-order valence-corrected chi connectivity index (χ4v) is 2.58. The Morgan fingerprint density at radius 3 is 2.71 bits per heavy atom. The fourth-order valence-electron chi connectivity index (χ4n) is 2.58. The second kappa shape index (κ2) is 7.38. The van der Waals surface area contributed by atoms with Crippen molar-refractivity contribution in [3.8, 4) is 5.75 Å². The first-order valence-electron chi connectivity index (χ1n) is 7.39. The molecule has 6 nitrogen and oxygen atoms in total. The van der Waals surface area contributed by atoms with Gasteiger partial charge in [-0.05, 0) is 38.9 Å². The van der Waals surface area contributed by atoms with E-state index in [1.165, 1.54) is 31.4 Å². The van der Waals surface area contributed by atoms with Gasteiger partial charge >= 0.3 is 0 Å². The highest BCUT2D eigenvalue weighted by Crippen LogP contribution is 2.29. The lowest BCUT2D eigenvalue weighted by molar-refractivity contribution is -0.385. The number of aliphatic hydroxyl groups excluding tert-OH is 1. The summed E-state index contributed by atoms with van der Waals surface area (Å²) in [5.41, 5.74) is 0.428. The molecule has 0 amide bonds. The van der Waals surface area contributed by atoms with Crippen LogP contribution in [0.15, 0.2) is 18.2 Å². The van der Waals surface area contributed by atoms with Crippen molar-refractivity contribution in [3.05, 3.63) is 33.9 Å². The van der Waals surface area contributed by atoms with Crippen LogP contribution < -0.4 is 4.74 Å². The van der Waals surface area contributed by atoms with Crippen molar-refractivity contribution < 1.29 is 14.8 Å². The van der Waals surface area contributed by atoms with Gasteiger partial charge in [0.05, 0.1) is 11.0 Å². The molecule has 1 N–H and O–H groups in total. The monoisotopic (exact) mass is 294 g/mol. The summed E-state index contributed by atoms with van der Waals surface area (Å²) in [6.07, 6.45) is 2.97. The Morgan fingerprint density at radius 1 is 1.38 bits per heavy atom. The van der Waals surface area contributed by atoms with Crippen LogP contribution in [-0.4, -0.2) is 41.2 Å². The van der Waals surface area contributed by atoms with Gasteiger partial charge in [-0.3, -0.25) is 15.0 Å². The van der Waals surface area contributed by atoms with Crippen LogP contribution >= 0.6 is 0 Å². The summed E-state index contributed by atoms with van der Waals surface area (Å²) in [5.74, 6) is 0.521. The smallest absolute Gasteiger partial charge is 0.270 e. The molecule has 1 heterocycles. The molecule has 116 valence electrons. The summed E-state index contributed by atoms with van der Waals surface area (Å²) in [6.45, 7) is 5.16. The summed E-state index contributed by atoms with van der Waals surface area (Å²) >= 11 is 0. The van der Waals surface area contributed by atoms with Crippen LogP contribution in [0, 0.1) is 10.1 Å².